The summed E-state index contributed by atoms with van der Waals surface area (Å²) in [6.07, 6.45) is 4.31. The predicted octanol–water partition coefficient (Wildman–Crippen LogP) is 5.16. The summed E-state index contributed by atoms with van der Waals surface area (Å²) in [5.41, 5.74) is 1.11. The van der Waals surface area contributed by atoms with Crippen LogP contribution in [-0.4, -0.2) is 57.5 Å². The van der Waals surface area contributed by atoms with E-state index in [1.165, 1.54) is 17.0 Å². The molecule has 0 unspecified atom stereocenters. The molecule has 0 saturated heterocycles. The summed E-state index contributed by atoms with van der Waals surface area (Å²) >= 11 is 0. The molecule has 1 fully saturated rings. The first-order chi connectivity index (χ1) is 20.8. The summed E-state index contributed by atoms with van der Waals surface area (Å²) in [6.45, 7) is 3.78. The minimum atomic E-state index is -4.16. The second-order valence-corrected chi connectivity index (χ2v) is 12.4. The Morgan fingerprint density at radius 2 is 1.63 bits per heavy atom. The number of hydrogen-bond donors (Lipinski definition) is 1. The van der Waals surface area contributed by atoms with Crippen LogP contribution in [0.3, 0.4) is 0 Å². The Balaban J connectivity index is 1.69. The van der Waals surface area contributed by atoms with Gasteiger partial charge >= 0.3 is 0 Å². The van der Waals surface area contributed by atoms with E-state index in [0.29, 0.717) is 30.2 Å². The summed E-state index contributed by atoms with van der Waals surface area (Å²) < 4.78 is 40.0. The number of benzene rings is 3. The van der Waals surface area contributed by atoms with Gasteiger partial charge in [-0.25, -0.2) is 8.42 Å². The van der Waals surface area contributed by atoms with Gasteiger partial charge in [0.1, 0.15) is 24.1 Å². The van der Waals surface area contributed by atoms with E-state index in [0.717, 1.165) is 35.6 Å². The molecule has 1 aliphatic rings. The third kappa shape index (κ3) is 8.07. The van der Waals surface area contributed by atoms with Gasteiger partial charge in [0.05, 0.1) is 24.3 Å². The Kier molecular flexibility index (Phi) is 11.1. The average molecular weight is 608 g/mol. The zero-order chi connectivity index (χ0) is 30.8. The quantitative estimate of drug-likeness (QED) is 0.272. The van der Waals surface area contributed by atoms with Crippen LogP contribution in [0.5, 0.6) is 11.5 Å². The average Bonchev–Trinajstić information content (AvgIpc) is 3.53. The fourth-order valence-electron chi connectivity index (χ4n) is 5.38. The number of nitrogens with one attached hydrogen (secondary N) is 1. The highest BCUT2D eigenvalue weighted by Crippen LogP contribution is 2.27. The van der Waals surface area contributed by atoms with Crippen molar-refractivity contribution in [3.8, 4) is 11.5 Å². The lowest BCUT2D eigenvalue weighted by molar-refractivity contribution is -0.140. The number of nitrogens with zero attached hydrogens (tertiary/aromatic N) is 2. The first kappa shape index (κ1) is 31.9. The second-order valence-electron chi connectivity index (χ2n) is 10.5. The molecule has 4 rings (SSSR count). The molecule has 230 valence electrons. The molecule has 0 aliphatic heterocycles. The van der Waals surface area contributed by atoms with Gasteiger partial charge in [-0.05, 0) is 80.3 Å². The molecule has 3 aromatic rings. The van der Waals surface area contributed by atoms with E-state index >= 15 is 0 Å². The van der Waals surface area contributed by atoms with Crippen molar-refractivity contribution < 1.29 is 27.5 Å². The molecule has 9 nitrogen and oxygen atoms in total. The molecule has 43 heavy (non-hydrogen) atoms. The van der Waals surface area contributed by atoms with Crippen LogP contribution in [0.4, 0.5) is 5.69 Å². The number of ether oxygens (including phenoxy) is 2. The topological polar surface area (TPSA) is 105 Å². The van der Waals surface area contributed by atoms with E-state index in [4.69, 9.17) is 9.47 Å². The maximum atomic E-state index is 14.2. The molecular formula is C33H41N3O6S. The molecular weight excluding hydrogens is 566 g/mol. The Hall–Kier alpha value is -4.05. The summed E-state index contributed by atoms with van der Waals surface area (Å²) in [5, 5.41) is 3.13. The molecule has 1 atom stereocenters. The summed E-state index contributed by atoms with van der Waals surface area (Å²) in [5.74, 6) is 0.450. The van der Waals surface area contributed by atoms with Gasteiger partial charge in [0.15, 0.2) is 0 Å². The van der Waals surface area contributed by atoms with Gasteiger partial charge in [0.25, 0.3) is 10.0 Å². The Bertz CT molecular complexity index is 1460. The number of rotatable bonds is 14. The zero-order valence-corrected chi connectivity index (χ0v) is 25.9. The van der Waals surface area contributed by atoms with Crippen molar-refractivity contribution in [3.05, 3.63) is 84.4 Å². The largest absolute Gasteiger partial charge is 0.497 e. The van der Waals surface area contributed by atoms with Gasteiger partial charge in [-0.3, -0.25) is 13.9 Å². The van der Waals surface area contributed by atoms with Crippen LogP contribution in [0.1, 0.15) is 51.5 Å². The van der Waals surface area contributed by atoms with Crippen LogP contribution in [0.15, 0.2) is 83.8 Å². The van der Waals surface area contributed by atoms with E-state index in [1.807, 2.05) is 32.0 Å². The standard InChI is InChI=1S/C33H41N3O6S/c1-4-31(33(38)34-26-13-9-10-14-26)35(23-25-12-11-17-29(22-25)41-3)32(37)24-36(27-15-7-6-8-16-27)43(39,40)30-20-18-28(19-21-30)42-5-2/h6-8,11-12,15-22,26,31H,4-5,9-10,13-14,23-24H2,1-3H3,(H,34,38)/t31-/m1/s1. The molecule has 0 heterocycles. The molecule has 0 spiro atoms. The number of carbonyl (C=O) groups is 2. The van der Waals surface area contributed by atoms with Crippen molar-refractivity contribution in [2.45, 2.75) is 69.5 Å². The molecule has 2 amide bonds. The fourth-order valence-corrected chi connectivity index (χ4v) is 6.79. The minimum absolute atomic E-state index is 0.0259. The van der Waals surface area contributed by atoms with Crippen molar-refractivity contribution in [2.24, 2.45) is 0 Å². The van der Waals surface area contributed by atoms with Crippen molar-refractivity contribution >= 4 is 27.5 Å². The van der Waals surface area contributed by atoms with Crippen LogP contribution in [0, 0.1) is 0 Å². The van der Waals surface area contributed by atoms with Gasteiger partial charge in [-0.15, -0.1) is 0 Å². The molecule has 0 bridgehead atoms. The highest BCUT2D eigenvalue weighted by Gasteiger charge is 2.34. The monoisotopic (exact) mass is 607 g/mol. The first-order valence-electron chi connectivity index (χ1n) is 14.8. The van der Waals surface area contributed by atoms with Gasteiger partial charge in [-0.2, -0.15) is 0 Å². The zero-order valence-electron chi connectivity index (χ0n) is 25.1. The molecule has 1 saturated carbocycles. The molecule has 10 heteroatoms. The van der Waals surface area contributed by atoms with Crippen LogP contribution in [-0.2, 0) is 26.2 Å². The summed E-state index contributed by atoms with van der Waals surface area (Å²) in [7, 11) is -2.59. The second kappa shape index (κ2) is 14.9. The highest BCUT2D eigenvalue weighted by atomic mass is 32.2. The predicted molar refractivity (Wildman–Crippen MR) is 167 cm³/mol. The van der Waals surface area contributed by atoms with Crippen molar-refractivity contribution in [1.82, 2.24) is 10.2 Å². The minimum Gasteiger partial charge on any atom is -0.497 e. The van der Waals surface area contributed by atoms with E-state index in [9.17, 15) is 18.0 Å². The molecule has 0 radical (unpaired) electrons. The fraction of sp³-hybridized carbons (Fsp3) is 0.394. The van der Waals surface area contributed by atoms with E-state index in [-0.39, 0.29) is 23.4 Å². The third-order valence-corrected chi connectivity index (χ3v) is 9.41. The summed E-state index contributed by atoms with van der Waals surface area (Å²) in [6, 6.07) is 21.2. The van der Waals surface area contributed by atoms with Crippen molar-refractivity contribution in [1.29, 1.82) is 0 Å². The van der Waals surface area contributed by atoms with Crippen LogP contribution in [0.25, 0.3) is 0 Å². The maximum Gasteiger partial charge on any atom is 0.264 e. The third-order valence-electron chi connectivity index (χ3n) is 7.62. The molecule has 1 aliphatic carbocycles. The number of anilines is 1. The lowest BCUT2D eigenvalue weighted by Crippen LogP contribution is -2.53. The molecule has 1 N–H and O–H groups in total. The lowest BCUT2D eigenvalue weighted by atomic mass is 10.1. The molecule has 3 aromatic carbocycles. The highest BCUT2D eigenvalue weighted by molar-refractivity contribution is 7.92. The van der Waals surface area contributed by atoms with Gasteiger partial charge in [0, 0.05) is 12.6 Å². The Morgan fingerprint density at radius 3 is 2.26 bits per heavy atom. The normalized spacial score (nSPS) is 14.1. The number of hydrogen-bond acceptors (Lipinski definition) is 6. The van der Waals surface area contributed by atoms with E-state index in [1.54, 1.807) is 55.6 Å². The number of carbonyl (C=O) groups excluding carboxylic acids is 2. The van der Waals surface area contributed by atoms with Crippen LogP contribution in [0.2, 0.25) is 0 Å². The number of amides is 2. The van der Waals surface area contributed by atoms with Crippen LogP contribution >= 0.6 is 0 Å². The van der Waals surface area contributed by atoms with E-state index in [2.05, 4.69) is 5.32 Å². The Morgan fingerprint density at radius 1 is 0.930 bits per heavy atom. The van der Waals surface area contributed by atoms with Crippen molar-refractivity contribution in [3.63, 3.8) is 0 Å². The van der Waals surface area contributed by atoms with Crippen LogP contribution < -0.4 is 19.1 Å². The first-order valence-corrected chi connectivity index (χ1v) is 16.2. The van der Waals surface area contributed by atoms with E-state index < -0.39 is 28.5 Å². The van der Waals surface area contributed by atoms with Gasteiger partial charge < -0.3 is 19.7 Å². The van der Waals surface area contributed by atoms with Gasteiger partial charge in [-0.1, -0.05) is 50.1 Å². The lowest BCUT2D eigenvalue weighted by Gasteiger charge is -2.33. The number of para-hydroxylation sites is 1. The number of sulfonamides is 1. The SMILES string of the molecule is CCOc1ccc(S(=O)(=O)N(CC(=O)N(Cc2cccc(OC)c2)[C@H](CC)C(=O)NC2CCCC2)c2ccccc2)cc1. The maximum absolute atomic E-state index is 14.2. The summed E-state index contributed by atoms with van der Waals surface area (Å²) in [4.78, 5) is 29.3. The number of methoxy groups -OCH3 is 1. The van der Waals surface area contributed by atoms with Gasteiger partial charge in [0.2, 0.25) is 11.8 Å². The molecule has 0 aromatic heterocycles. The smallest absolute Gasteiger partial charge is 0.264 e. The Labute approximate surface area is 254 Å². The van der Waals surface area contributed by atoms with Crippen molar-refractivity contribution in [2.75, 3.05) is 24.6 Å².